The number of halogens is 1. The van der Waals surface area contributed by atoms with Crippen molar-refractivity contribution in [2.75, 3.05) is 0 Å². The van der Waals surface area contributed by atoms with Gasteiger partial charge in [-0.3, -0.25) is 0 Å². The average Bonchev–Trinajstić information content (AvgIpc) is 3.23. The van der Waals surface area contributed by atoms with Gasteiger partial charge in [0.25, 0.3) is 0 Å². The highest BCUT2D eigenvalue weighted by Gasteiger charge is 2.14. The number of hydrogen-bond donors (Lipinski definition) is 2. The standard InChI is InChI=1S/C21H21FN2/c22-19(18-14-24-21-12-6-3-9-17(18)21)10-4-1-7-15-13-23-20-11-5-2-8-16(15)20/h2-3,5-6,8-9,11-14,19,23-24H,1,4,7,10H2. The molecule has 24 heavy (non-hydrogen) atoms. The van der Waals surface area contributed by atoms with Gasteiger partial charge < -0.3 is 9.97 Å². The summed E-state index contributed by atoms with van der Waals surface area (Å²) in [7, 11) is 0. The maximum Gasteiger partial charge on any atom is 0.127 e. The summed E-state index contributed by atoms with van der Waals surface area (Å²) in [6.45, 7) is 0. The molecule has 0 fully saturated rings. The molecule has 0 aliphatic rings. The van der Waals surface area contributed by atoms with Crippen LogP contribution in [0.25, 0.3) is 21.8 Å². The van der Waals surface area contributed by atoms with E-state index in [2.05, 4.69) is 34.4 Å². The van der Waals surface area contributed by atoms with Crippen molar-refractivity contribution in [2.45, 2.75) is 31.9 Å². The summed E-state index contributed by atoms with van der Waals surface area (Å²) in [5.41, 5.74) is 4.30. The van der Waals surface area contributed by atoms with Crippen molar-refractivity contribution in [3.05, 3.63) is 72.1 Å². The fourth-order valence-corrected chi connectivity index (χ4v) is 3.49. The number of benzene rings is 2. The number of aromatic nitrogens is 2. The fraction of sp³-hybridized carbons (Fsp3) is 0.238. The van der Waals surface area contributed by atoms with Crippen molar-refractivity contribution in [3.8, 4) is 0 Å². The van der Waals surface area contributed by atoms with E-state index in [1.54, 1.807) is 0 Å². The molecule has 0 saturated carbocycles. The smallest absolute Gasteiger partial charge is 0.127 e. The molecular formula is C21H21FN2. The summed E-state index contributed by atoms with van der Waals surface area (Å²) in [6, 6.07) is 16.2. The molecule has 0 saturated heterocycles. The molecule has 0 amide bonds. The maximum absolute atomic E-state index is 14.6. The van der Waals surface area contributed by atoms with Crippen LogP contribution in [0.2, 0.25) is 0 Å². The van der Waals surface area contributed by atoms with Crippen LogP contribution in [0.15, 0.2) is 60.9 Å². The predicted molar refractivity (Wildman–Crippen MR) is 98.0 cm³/mol. The second-order valence-electron chi connectivity index (χ2n) is 6.36. The van der Waals surface area contributed by atoms with E-state index in [1.165, 1.54) is 16.5 Å². The molecule has 0 radical (unpaired) electrons. The van der Waals surface area contributed by atoms with Crippen LogP contribution >= 0.6 is 0 Å². The van der Waals surface area contributed by atoms with Gasteiger partial charge in [0.15, 0.2) is 0 Å². The largest absolute Gasteiger partial charge is 0.361 e. The number of aryl methyl sites for hydroxylation is 1. The van der Waals surface area contributed by atoms with Gasteiger partial charge >= 0.3 is 0 Å². The third kappa shape index (κ3) is 2.82. The fourth-order valence-electron chi connectivity index (χ4n) is 3.49. The number of para-hydroxylation sites is 2. The van der Waals surface area contributed by atoms with Gasteiger partial charge in [0, 0.05) is 39.8 Å². The quantitative estimate of drug-likeness (QED) is 0.404. The minimum atomic E-state index is -0.899. The normalized spacial score (nSPS) is 12.9. The minimum Gasteiger partial charge on any atom is -0.361 e. The minimum absolute atomic E-state index is 0.574. The van der Waals surface area contributed by atoms with E-state index >= 15 is 0 Å². The summed E-state index contributed by atoms with van der Waals surface area (Å²) in [5.74, 6) is 0. The highest BCUT2D eigenvalue weighted by molar-refractivity contribution is 5.83. The Hall–Kier alpha value is -2.55. The number of unbranched alkanes of at least 4 members (excludes halogenated alkanes) is 1. The van der Waals surface area contributed by atoms with Crippen LogP contribution in [0.3, 0.4) is 0 Å². The van der Waals surface area contributed by atoms with Crippen molar-refractivity contribution in [1.82, 2.24) is 9.97 Å². The van der Waals surface area contributed by atoms with Crippen LogP contribution in [-0.2, 0) is 6.42 Å². The third-order valence-electron chi connectivity index (χ3n) is 4.79. The first-order chi connectivity index (χ1) is 11.8. The van der Waals surface area contributed by atoms with Gasteiger partial charge in [-0.15, -0.1) is 0 Å². The van der Waals surface area contributed by atoms with E-state index < -0.39 is 6.17 Å². The van der Waals surface area contributed by atoms with E-state index in [0.29, 0.717) is 6.42 Å². The molecule has 122 valence electrons. The molecule has 0 aliphatic heterocycles. The van der Waals surface area contributed by atoms with Crippen LogP contribution < -0.4 is 0 Å². The monoisotopic (exact) mass is 320 g/mol. The molecule has 0 spiro atoms. The highest BCUT2D eigenvalue weighted by Crippen LogP contribution is 2.30. The first-order valence-corrected chi connectivity index (χ1v) is 8.58. The molecule has 2 aromatic carbocycles. The van der Waals surface area contributed by atoms with Gasteiger partial charge in [-0.1, -0.05) is 36.4 Å². The Labute approximate surface area is 140 Å². The topological polar surface area (TPSA) is 31.6 Å². The molecule has 3 heteroatoms. The lowest BCUT2D eigenvalue weighted by Gasteiger charge is -2.07. The van der Waals surface area contributed by atoms with E-state index in [-0.39, 0.29) is 0 Å². The lowest BCUT2D eigenvalue weighted by atomic mass is 10.0. The van der Waals surface area contributed by atoms with Crippen molar-refractivity contribution in [2.24, 2.45) is 0 Å². The molecule has 4 aromatic rings. The highest BCUT2D eigenvalue weighted by atomic mass is 19.1. The van der Waals surface area contributed by atoms with Crippen LogP contribution in [-0.4, -0.2) is 9.97 Å². The second kappa shape index (κ2) is 6.52. The van der Waals surface area contributed by atoms with Crippen molar-refractivity contribution >= 4 is 21.8 Å². The van der Waals surface area contributed by atoms with Gasteiger partial charge in [-0.2, -0.15) is 0 Å². The Bertz CT molecular complexity index is 950. The number of aromatic amines is 2. The summed E-state index contributed by atoms with van der Waals surface area (Å²) < 4.78 is 14.6. The molecule has 2 N–H and O–H groups in total. The van der Waals surface area contributed by atoms with Crippen LogP contribution in [0.4, 0.5) is 4.39 Å². The molecule has 2 heterocycles. The Morgan fingerprint density at radius 2 is 1.46 bits per heavy atom. The van der Waals surface area contributed by atoms with Crippen LogP contribution in [0.5, 0.6) is 0 Å². The van der Waals surface area contributed by atoms with Crippen molar-refractivity contribution in [3.63, 3.8) is 0 Å². The SMILES string of the molecule is FC(CCCCc1c[nH]c2ccccc12)c1c[nH]c2ccccc12. The Morgan fingerprint density at radius 1 is 0.792 bits per heavy atom. The first-order valence-electron chi connectivity index (χ1n) is 8.58. The molecule has 2 nitrogen and oxygen atoms in total. The van der Waals surface area contributed by atoms with E-state index in [4.69, 9.17) is 0 Å². The molecule has 2 aromatic heterocycles. The lowest BCUT2D eigenvalue weighted by molar-refractivity contribution is 0.316. The number of hydrogen-bond acceptors (Lipinski definition) is 0. The zero-order chi connectivity index (χ0) is 16.4. The zero-order valence-electron chi connectivity index (χ0n) is 13.6. The average molecular weight is 320 g/mol. The van der Waals surface area contributed by atoms with E-state index in [1.807, 2.05) is 36.5 Å². The summed E-state index contributed by atoms with van der Waals surface area (Å²) >= 11 is 0. The number of H-pyrrole nitrogens is 2. The van der Waals surface area contributed by atoms with Crippen molar-refractivity contribution < 1.29 is 4.39 Å². The van der Waals surface area contributed by atoms with E-state index in [0.717, 1.165) is 35.7 Å². The molecule has 4 rings (SSSR count). The molecule has 1 atom stereocenters. The Balaban J connectivity index is 1.35. The summed E-state index contributed by atoms with van der Waals surface area (Å²) in [5, 5.41) is 2.28. The van der Waals surface area contributed by atoms with E-state index in [9.17, 15) is 4.39 Å². The summed E-state index contributed by atoms with van der Waals surface area (Å²) in [4.78, 5) is 6.46. The number of rotatable bonds is 6. The van der Waals surface area contributed by atoms with Gasteiger partial charge in [0.1, 0.15) is 6.17 Å². The molecule has 0 bridgehead atoms. The number of alkyl halides is 1. The lowest BCUT2D eigenvalue weighted by Crippen LogP contribution is -1.92. The Morgan fingerprint density at radius 3 is 2.29 bits per heavy atom. The summed E-state index contributed by atoms with van der Waals surface area (Å²) in [6.07, 6.45) is 6.45. The first kappa shape index (κ1) is 15.0. The molecule has 1 unspecified atom stereocenters. The second-order valence-corrected chi connectivity index (χ2v) is 6.36. The number of nitrogens with one attached hydrogen (secondary N) is 2. The van der Waals surface area contributed by atoms with Crippen LogP contribution in [0.1, 0.15) is 36.6 Å². The Kier molecular flexibility index (Phi) is 4.08. The molecular weight excluding hydrogens is 299 g/mol. The van der Waals surface area contributed by atoms with Crippen LogP contribution in [0, 0.1) is 0 Å². The van der Waals surface area contributed by atoms with Gasteiger partial charge in [-0.25, -0.2) is 4.39 Å². The van der Waals surface area contributed by atoms with Gasteiger partial charge in [0.2, 0.25) is 0 Å². The zero-order valence-corrected chi connectivity index (χ0v) is 13.6. The maximum atomic E-state index is 14.6. The van der Waals surface area contributed by atoms with Crippen molar-refractivity contribution in [1.29, 1.82) is 0 Å². The number of fused-ring (bicyclic) bond motifs is 2. The van der Waals surface area contributed by atoms with Gasteiger partial charge in [0.05, 0.1) is 0 Å². The predicted octanol–water partition coefficient (Wildman–Crippen LogP) is 6.07. The molecule has 0 aliphatic carbocycles. The van der Waals surface area contributed by atoms with Gasteiger partial charge in [-0.05, 0) is 43.4 Å². The third-order valence-corrected chi connectivity index (χ3v) is 4.79.